The molecule has 0 radical (unpaired) electrons. The quantitative estimate of drug-likeness (QED) is 0.869. The number of nitrogens with two attached hydrogens (primary N) is 1. The van der Waals surface area contributed by atoms with Gasteiger partial charge in [-0.3, -0.25) is 4.79 Å². The summed E-state index contributed by atoms with van der Waals surface area (Å²) in [6.45, 7) is 3.86. The van der Waals surface area contributed by atoms with Crippen LogP contribution in [-0.4, -0.2) is 5.78 Å². The van der Waals surface area contributed by atoms with Crippen molar-refractivity contribution in [3.05, 3.63) is 70.8 Å². The lowest BCUT2D eigenvalue weighted by molar-refractivity contribution is 0.103. The maximum atomic E-state index is 12.4. The van der Waals surface area contributed by atoms with E-state index in [1.165, 1.54) is 0 Å². The van der Waals surface area contributed by atoms with E-state index in [0.29, 0.717) is 5.56 Å². The fraction of sp³-hybridized carbons (Fsp3) is 0.188. The summed E-state index contributed by atoms with van der Waals surface area (Å²) in [7, 11) is 0. The largest absolute Gasteiger partial charge is 0.324 e. The van der Waals surface area contributed by atoms with Crippen molar-refractivity contribution >= 4 is 18.2 Å². The Morgan fingerprint density at radius 1 is 1.11 bits per heavy atom. The van der Waals surface area contributed by atoms with Gasteiger partial charge in [0.1, 0.15) is 0 Å². The van der Waals surface area contributed by atoms with Crippen molar-refractivity contribution in [1.29, 1.82) is 0 Å². The normalized spacial score (nSPS) is 11.5. The van der Waals surface area contributed by atoms with Crippen LogP contribution in [0, 0.1) is 6.92 Å². The molecule has 2 rings (SSSR count). The molecule has 0 aliphatic rings. The predicted molar refractivity (Wildman–Crippen MR) is 80.9 cm³/mol. The molecule has 2 N–H and O–H groups in total. The van der Waals surface area contributed by atoms with Crippen molar-refractivity contribution in [2.24, 2.45) is 5.73 Å². The zero-order chi connectivity index (χ0) is 13.1. The molecule has 100 valence electrons. The first-order valence-electron chi connectivity index (χ1n) is 6.05. The summed E-state index contributed by atoms with van der Waals surface area (Å²) in [5.74, 6) is 0.0515. The van der Waals surface area contributed by atoms with Crippen molar-refractivity contribution in [1.82, 2.24) is 0 Å². The second-order valence-corrected chi connectivity index (χ2v) is 4.56. The standard InChI is InChI=1S/C16H17NO.ClH/c1-11-6-3-4-9-15(11)16(18)14-8-5-7-13(10-14)12(2)17;/h3-10,12H,17H2,1-2H3;1H/t12-;/m0./s1. The van der Waals surface area contributed by atoms with Gasteiger partial charge < -0.3 is 5.73 Å². The fourth-order valence-corrected chi connectivity index (χ4v) is 1.95. The lowest BCUT2D eigenvalue weighted by Gasteiger charge is -2.09. The molecule has 3 heteroatoms. The van der Waals surface area contributed by atoms with Crippen LogP contribution in [0.1, 0.15) is 40.0 Å². The fourth-order valence-electron chi connectivity index (χ4n) is 1.95. The summed E-state index contributed by atoms with van der Waals surface area (Å²) in [4.78, 5) is 12.4. The molecule has 0 amide bonds. The van der Waals surface area contributed by atoms with E-state index in [1.807, 2.05) is 62.4 Å². The van der Waals surface area contributed by atoms with Crippen LogP contribution in [0.15, 0.2) is 48.5 Å². The second kappa shape index (κ2) is 6.50. The van der Waals surface area contributed by atoms with Crippen LogP contribution in [0.4, 0.5) is 0 Å². The van der Waals surface area contributed by atoms with Crippen LogP contribution >= 0.6 is 12.4 Å². The highest BCUT2D eigenvalue weighted by Gasteiger charge is 2.12. The molecule has 0 fully saturated rings. The number of hydrogen-bond acceptors (Lipinski definition) is 2. The molecule has 0 saturated carbocycles. The number of benzene rings is 2. The van der Waals surface area contributed by atoms with Gasteiger partial charge in [-0.15, -0.1) is 12.4 Å². The number of rotatable bonds is 3. The van der Waals surface area contributed by atoms with E-state index in [2.05, 4.69) is 0 Å². The van der Waals surface area contributed by atoms with Gasteiger partial charge in [-0.05, 0) is 31.0 Å². The molecular weight excluding hydrogens is 258 g/mol. The lowest BCUT2D eigenvalue weighted by atomic mass is 9.97. The predicted octanol–water partition coefficient (Wildman–Crippen LogP) is 3.67. The summed E-state index contributed by atoms with van der Waals surface area (Å²) in [5.41, 5.74) is 9.26. The van der Waals surface area contributed by atoms with Crippen molar-refractivity contribution in [3.8, 4) is 0 Å². The Kier molecular flexibility index (Phi) is 5.28. The minimum absolute atomic E-state index is 0. The van der Waals surface area contributed by atoms with E-state index in [1.54, 1.807) is 0 Å². The molecule has 0 aliphatic heterocycles. The molecule has 19 heavy (non-hydrogen) atoms. The van der Waals surface area contributed by atoms with Crippen LogP contribution in [0.2, 0.25) is 0 Å². The smallest absolute Gasteiger partial charge is 0.193 e. The number of ketones is 1. The van der Waals surface area contributed by atoms with Crippen LogP contribution in [0.3, 0.4) is 0 Å². The molecule has 0 unspecified atom stereocenters. The highest BCUT2D eigenvalue weighted by atomic mass is 35.5. The monoisotopic (exact) mass is 275 g/mol. The summed E-state index contributed by atoms with van der Waals surface area (Å²) in [5, 5.41) is 0. The zero-order valence-electron chi connectivity index (χ0n) is 11.1. The Balaban J connectivity index is 0.00000180. The van der Waals surface area contributed by atoms with Gasteiger partial charge in [-0.25, -0.2) is 0 Å². The van der Waals surface area contributed by atoms with E-state index in [0.717, 1.165) is 16.7 Å². The highest BCUT2D eigenvalue weighted by molar-refractivity contribution is 6.09. The average Bonchev–Trinajstić information content (AvgIpc) is 2.38. The van der Waals surface area contributed by atoms with Gasteiger partial charge in [0.05, 0.1) is 0 Å². The van der Waals surface area contributed by atoms with Crippen LogP contribution in [-0.2, 0) is 0 Å². The summed E-state index contributed by atoms with van der Waals surface area (Å²) in [6.07, 6.45) is 0. The Labute approximate surface area is 120 Å². The number of carbonyl (C=O) groups excluding carboxylic acids is 1. The third kappa shape index (κ3) is 3.43. The maximum absolute atomic E-state index is 12.4. The molecule has 0 heterocycles. The molecular formula is C16H18ClNO. The molecule has 0 bridgehead atoms. The Morgan fingerprint density at radius 3 is 2.42 bits per heavy atom. The van der Waals surface area contributed by atoms with Gasteiger partial charge >= 0.3 is 0 Å². The summed E-state index contributed by atoms with van der Waals surface area (Å²) < 4.78 is 0. The van der Waals surface area contributed by atoms with E-state index >= 15 is 0 Å². The van der Waals surface area contributed by atoms with Gasteiger partial charge in [0, 0.05) is 17.2 Å². The Hall–Kier alpha value is -1.64. The molecule has 2 aromatic carbocycles. The van der Waals surface area contributed by atoms with Gasteiger partial charge in [-0.1, -0.05) is 42.5 Å². The first kappa shape index (κ1) is 15.4. The second-order valence-electron chi connectivity index (χ2n) is 4.56. The van der Waals surface area contributed by atoms with Crippen molar-refractivity contribution in [2.75, 3.05) is 0 Å². The third-order valence-electron chi connectivity index (χ3n) is 3.06. The number of hydrogen-bond donors (Lipinski definition) is 1. The van der Waals surface area contributed by atoms with Crippen molar-refractivity contribution in [3.63, 3.8) is 0 Å². The molecule has 2 nitrogen and oxygen atoms in total. The van der Waals surface area contributed by atoms with Crippen LogP contribution in [0.25, 0.3) is 0 Å². The van der Waals surface area contributed by atoms with Crippen molar-refractivity contribution < 1.29 is 4.79 Å². The van der Waals surface area contributed by atoms with E-state index in [-0.39, 0.29) is 24.2 Å². The van der Waals surface area contributed by atoms with Gasteiger partial charge in [0.25, 0.3) is 0 Å². The maximum Gasteiger partial charge on any atom is 0.193 e. The number of halogens is 1. The zero-order valence-corrected chi connectivity index (χ0v) is 11.9. The first-order chi connectivity index (χ1) is 8.59. The number of carbonyl (C=O) groups is 1. The molecule has 0 spiro atoms. The van der Waals surface area contributed by atoms with Gasteiger partial charge in [0.2, 0.25) is 0 Å². The van der Waals surface area contributed by atoms with Gasteiger partial charge in [-0.2, -0.15) is 0 Å². The molecule has 0 aliphatic carbocycles. The first-order valence-corrected chi connectivity index (χ1v) is 6.05. The average molecular weight is 276 g/mol. The van der Waals surface area contributed by atoms with Crippen LogP contribution < -0.4 is 5.73 Å². The van der Waals surface area contributed by atoms with E-state index < -0.39 is 0 Å². The highest BCUT2D eigenvalue weighted by Crippen LogP contribution is 2.17. The SMILES string of the molecule is Cc1ccccc1C(=O)c1cccc([C@H](C)N)c1.Cl. The van der Waals surface area contributed by atoms with E-state index in [9.17, 15) is 4.79 Å². The Morgan fingerprint density at radius 2 is 1.79 bits per heavy atom. The summed E-state index contributed by atoms with van der Waals surface area (Å²) in [6, 6.07) is 15.1. The molecule has 0 saturated heterocycles. The summed E-state index contributed by atoms with van der Waals surface area (Å²) >= 11 is 0. The molecule has 2 aromatic rings. The minimum atomic E-state index is -0.0605. The minimum Gasteiger partial charge on any atom is -0.324 e. The molecule has 1 atom stereocenters. The lowest BCUT2D eigenvalue weighted by Crippen LogP contribution is -2.08. The number of aryl methyl sites for hydroxylation is 1. The topological polar surface area (TPSA) is 43.1 Å². The molecule has 0 aromatic heterocycles. The van der Waals surface area contributed by atoms with Gasteiger partial charge in [0.15, 0.2) is 5.78 Å². The third-order valence-corrected chi connectivity index (χ3v) is 3.06. The van der Waals surface area contributed by atoms with Crippen LogP contribution in [0.5, 0.6) is 0 Å². The van der Waals surface area contributed by atoms with Crippen molar-refractivity contribution in [2.45, 2.75) is 19.9 Å². The van der Waals surface area contributed by atoms with E-state index in [4.69, 9.17) is 5.73 Å². The Bertz CT molecular complexity index is 578.